The van der Waals surface area contributed by atoms with E-state index in [0.717, 1.165) is 12.1 Å². The second kappa shape index (κ2) is 6.25. The molecule has 0 spiro atoms. The normalized spacial score (nSPS) is 10.8. The topological polar surface area (TPSA) is 75.9 Å². The first kappa shape index (κ1) is 15.9. The average Bonchev–Trinajstić information content (AvgIpc) is 2.58. The highest BCUT2D eigenvalue weighted by Gasteiger charge is 2.15. The number of halogens is 2. The van der Waals surface area contributed by atoms with Gasteiger partial charge in [-0.25, -0.2) is 13.8 Å². The fraction of sp³-hybridized carbons (Fsp3) is 0.125. The van der Waals surface area contributed by atoms with Gasteiger partial charge in [0.25, 0.3) is 5.56 Å². The molecule has 3 rings (SSSR count). The summed E-state index contributed by atoms with van der Waals surface area (Å²) < 4.78 is 32.8. The van der Waals surface area contributed by atoms with Gasteiger partial charge in [0.15, 0.2) is 23.0 Å². The Hall–Kier alpha value is -3.00. The summed E-state index contributed by atoms with van der Waals surface area (Å²) in [5.74, 6) is -1.64. The summed E-state index contributed by atoms with van der Waals surface area (Å²) >= 11 is 0. The molecule has 2 heterocycles. The number of pyridine rings is 1. The van der Waals surface area contributed by atoms with Crippen molar-refractivity contribution in [3.63, 3.8) is 0 Å². The van der Waals surface area contributed by atoms with E-state index in [1.54, 1.807) is 12.1 Å². The number of hydrogen-bond acceptors (Lipinski definition) is 5. The number of ether oxygens (including phenoxy) is 1. The number of benzene rings is 1. The van der Waals surface area contributed by atoms with E-state index in [1.807, 2.05) is 0 Å². The van der Waals surface area contributed by atoms with Crippen molar-refractivity contribution in [1.29, 1.82) is 0 Å². The van der Waals surface area contributed by atoms with Crippen molar-refractivity contribution in [3.8, 4) is 5.75 Å². The number of anilines is 2. The Balaban J connectivity index is 2.19. The molecule has 1 aromatic carbocycles. The summed E-state index contributed by atoms with van der Waals surface area (Å²) in [4.78, 5) is 16.8. The molecule has 0 unspecified atom stereocenters. The highest BCUT2D eigenvalue weighted by molar-refractivity contribution is 5.64. The third-order valence-corrected chi connectivity index (χ3v) is 3.47. The van der Waals surface area contributed by atoms with E-state index in [-0.39, 0.29) is 22.7 Å². The summed E-state index contributed by atoms with van der Waals surface area (Å²) in [6.45, 7) is -0.571. The molecule has 0 atom stereocenters. The molecule has 8 heteroatoms. The Morgan fingerprint density at radius 1 is 1.29 bits per heavy atom. The lowest BCUT2D eigenvalue weighted by molar-refractivity contribution is 0.280. The molecular weight excluding hydrogens is 320 g/mol. The number of hydrogen-bond donors (Lipinski definition) is 2. The largest absolute Gasteiger partial charge is 0.493 e. The Kier molecular flexibility index (Phi) is 4.13. The first-order chi connectivity index (χ1) is 11.5. The summed E-state index contributed by atoms with van der Waals surface area (Å²) in [5, 5.41) is 12.2. The number of methoxy groups -OCH3 is 1. The van der Waals surface area contributed by atoms with Gasteiger partial charge in [0.05, 0.1) is 19.3 Å². The van der Waals surface area contributed by atoms with E-state index in [0.29, 0.717) is 5.75 Å². The van der Waals surface area contributed by atoms with Gasteiger partial charge in [-0.15, -0.1) is 0 Å². The predicted octanol–water partition coefficient (Wildman–Crippen LogP) is 2.22. The molecule has 0 aliphatic heterocycles. The molecular formula is C16H13F2N3O3. The molecule has 24 heavy (non-hydrogen) atoms. The smallest absolute Gasteiger partial charge is 0.265 e. The number of nitrogens with zero attached hydrogens (tertiary/aromatic N) is 2. The van der Waals surface area contributed by atoms with Crippen LogP contribution in [0.4, 0.5) is 20.3 Å². The van der Waals surface area contributed by atoms with Crippen molar-refractivity contribution in [2.24, 2.45) is 0 Å². The van der Waals surface area contributed by atoms with Gasteiger partial charge in [0, 0.05) is 18.0 Å². The maximum atomic E-state index is 13.3. The van der Waals surface area contributed by atoms with Gasteiger partial charge in [-0.3, -0.25) is 9.20 Å². The first-order valence-corrected chi connectivity index (χ1v) is 6.96. The van der Waals surface area contributed by atoms with Crippen molar-refractivity contribution in [1.82, 2.24) is 9.38 Å². The molecule has 0 saturated heterocycles. The third kappa shape index (κ3) is 2.67. The molecule has 0 aliphatic rings. The molecule has 0 aliphatic carbocycles. The molecule has 6 nitrogen and oxygen atoms in total. The maximum absolute atomic E-state index is 13.3. The highest BCUT2D eigenvalue weighted by atomic mass is 19.2. The minimum Gasteiger partial charge on any atom is -0.493 e. The minimum atomic E-state index is -1.04. The number of aliphatic hydroxyl groups is 1. The Morgan fingerprint density at radius 3 is 2.75 bits per heavy atom. The fourth-order valence-corrected chi connectivity index (χ4v) is 2.29. The molecule has 3 aromatic rings. The van der Waals surface area contributed by atoms with Crippen molar-refractivity contribution in [3.05, 3.63) is 64.1 Å². The van der Waals surface area contributed by atoms with Gasteiger partial charge in [-0.2, -0.15) is 0 Å². The van der Waals surface area contributed by atoms with Gasteiger partial charge in [0.1, 0.15) is 5.82 Å². The van der Waals surface area contributed by atoms with Crippen LogP contribution < -0.4 is 15.6 Å². The van der Waals surface area contributed by atoms with Crippen LogP contribution >= 0.6 is 0 Å². The van der Waals surface area contributed by atoms with E-state index < -0.39 is 23.8 Å². The van der Waals surface area contributed by atoms with E-state index >= 15 is 0 Å². The molecule has 0 saturated carbocycles. The molecule has 0 fully saturated rings. The monoisotopic (exact) mass is 333 g/mol. The lowest BCUT2D eigenvalue weighted by Gasteiger charge is -2.13. The van der Waals surface area contributed by atoms with Crippen molar-refractivity contribution >= 4 is 17.2 Å². The maximum Gasteiger partial charge on any atom is 0.265 e. The minimum absolute atomic E-state index is 0.00881. The van der Waals surface area contributed by atoms with Crippen LogP contribution in [0.15, 0.2) is 41.3 Å². The zero-order chi connectivity index (χ0) is 17.3. The van der Waals surface area contributed by atoms with Gasteiger partial charge in [-0.1, -0.05) is 0 Å². The molecule has 0 bridgehead atoms. The number of aliphatic hydroxyl groups excluding tert-OH is 1. The second-order valence-corrected chi connectivity index (χ2v) is 4.93. The fourth-order valence-electron chi connectivity index (χ4n) is 2.29. The van der Waals surface area contributed by atoms with Crippen LogP contribution in [0, 0.1) is 11.6 Å². The van der Waals surface area contributed by atoms with E-state index in [1.165, 1.54) is 23.8 Å². The Labute approximate surface area is 135 Å². The van der Waals surface area contributed by atoms with Crippen LogP contribution in [0.1, 0.15) is 5.56 Å². The third-order valence-electron chi connectivity index (χ3n) is 3.47. The number of rotatable bonds is 4. The van der Waals surface area contributed by atoms with Crippen molar-refractivity contribution < 1.29 is 18.6 Å². The average molecular weight is 333 g/mol. The van der Waals surface area contributed by atoms with E-state index in [9.17, 15) is 18.7 Å². The number of nitrogens with one attached hydrogen (secondary N) is 1. The number of aromatic nitrogens is 2. The standard InChI is InChI=1S/C16H13F2N3O3/c1-24-13-3-2-6-21-15(13)20-14(10(8-22)16(21)23)19-9-4-5-11(17)12(18)7-9/h2-7,19,22H,8H2,1H3. The van der Waals surface area contributed by atoms with Gasteiger partial charge in [-0.05, 0) is 24.3 Å². The lowest BCUT2D eigenvalue weighted by Crippen LogP contribution is -2.22. The summed E-state index contributed by atoms with van der Waals surface area (Å²) in [7, 11) is 1.43. The van der Waals surface area contributed by atoms with Crippen molar-refractivity contribution in [2.45, 2.75) is 6.61 Å². The first-order valence-electron chi connectivity index (χ1n) is 6.96. The van der Waals surface area contributed by atoms with Crippen LogP contribution in [0.2, 0.25) is 0 Å². The molecule has 124 valence electrons. The van der Waals surface area contributed by atoms with Crippen LogP contribution in [-0.4, -0.2) is 21.6 Å². The summed E-state index contributed by atoms with van der Waals surface area (Å²) in [5.41, 5.74) is -0.0843. The quantitative estimate of drug-likeness (QED) is 0.766. The summed E-state index contributed by atoms with van der Waals surface area (Å²) in [6, 6.07) is 6.42. The van der Waals surface area contributed by atoms with E-state index in [4.69, 9.17) is 4.74 Å². The Morgan fingerprint density at radius 2 is 2.08 bits per heavy atom. The molecule has 2 aromatic heterocycles. The Bertz CT molecular complexity index is 973. The van der Waals surface area contributed by atoms with Gasteiger partial charge < -0.3 is 15.2 Å². The zero-order valence-electron chi connectivity index (χ0n) is 12.6. The van der Waals surface area contributed by atoms with Crippen LogP contribution in [0.3, 0.4) is 0 Å². The lowest BCUT2D eigenvalue weighted by atomic mass is 10.2. The highest BCUT2D eigenvalue weighted by Crippen LogP contribution is 2.23. The van der Waals surface area contributed by atoms with Gasteiger partial charge in [0.2, 0.25) is 0 Å². The van der Waals surface area contributed by atoms with Crippen LogP contribution in [-0.2, 0) is 6.61 Å². The molecule has 0 radical (unpaired) electrons. The SMILES string of the molecule is COc1cccn2c(=O)c(CO)c(Nc3ccc(F)c(F)c3)nc12. The molecule has 2 N–H and O–H groups in total. The molecule has 0 amide bonds. The van der Waals surface area contributed by atoms with Crippen molar-refractivity contribution in [2.75, 3.05) is 12.4 Å². The van der Waals surface area contributed by atoms with Gasteiger partial charge >= 0.3 is 0 Å². The van der Waals surface area contributed by atoms with Crippen LogP contribution in [0.5, 0.6) is 5.75 Å². The predicted molar refractivity (Wildman–Crippen MR) is 83.6 cm³/mol. The zero-order valence-corrected chi connectivity index (χ0v) is 12.6. The summed E-state index contributed by atoms with van der Waals surface area (Å²) in [6.07, 6.45) is 1.49. The van der Waals surface area contributed by atoms with Crippen LogP contribution in [0.25, 0.3) is 5.65 Å². The number of fused-ring (bicyclic) bond motifs is 1. The second-order valence-electron chi connectivity index (χ2n) is 4.93. The van der Waals surface area contributed by atoms with E-state index in [2.05, 4.69) is 10.3 Å².